The number of hydrogen-bond donors (Lipinski definition) is 0. The predicted octanol–water partition coefficient (Wildman–Crippen LogP) is 2.01. The van der Waals surface area contributed by atoms with Crippen LogP contribution in [0.4, 0.5) is 0 Å². The molecule has 1 aromatic carbocycles. The van der Waals surface area contributed by atoms with Crippen molar-refractivity contribution < 1.29 is 19.1 Å². The maximum absolute atomic E-state index is 11.7. The molecule has 1 rings (SSSR count). The Morgan fingerprint density at radius 1 is 1.35 bits per heavy atom. The third kappa shape index (κ3) is 6.66. The lowest BCUT2D eigenvalue weighted by Gasteiger charge is -2.14. The standard InChI is InChI=1S/C17H20N2O4/c1-3-22-15-8-5-4-7-14(15)9-10-17(21)23-13-16(20)19(2)12-6-11-18/h4-5,7-10H,3,6,12-13H2,1-2H3/b10-9+. The number of carbonyl (C=O) groups is 2. The zero-order valence-electron chi connectivity index (χ0n) is 13.3. The first-order valence-corrected chi connectivity index (χ1v) is 7.26. The van der Waals surface area contributed by atoms with Gasteiger partial charge in [-0.25, -0.2) is 4.79 Å². The number of likely N-dealkylation sites (N-methyl/N-ethyl adjacent to an activating group) is 1. The maximum atomic E-state index is 11.7. The maximum Gasteiger partial charge on any atom is 0.331 e. The Bertz CT molecular complexity index is 605. The van der Waals surface area contributed by atoms with Crippen LogP contribution in [0.3, 0.4) is 0 Å². The van der Waals surface area contributed by atoms with Crippen LogP contribution in [0.2, 0.25) is 0 Å². The first-order chi connectivity index (χ1) is 11.1. The Labute approximate surface area is 135 Å². The van der Waals surface area contributed by atoms with Crippen LogP contribution in [0.1, 0.15) is 18.9 Å². The third-order valence-electron chi connectivity index (χ3n) is 2.94. The number of rotatable bonds is 8. The monoisotopic (exact) mass is 316 g/mol. The van der Waals surface area contributed by atoms with Crippen molar-refractivity contribution in [2.24, 2.45) is 0 Å². The quantitative estimate of drug-likeness (QED) is 0.541. The Morgan fingerprint density at radius 3 is 2.78 bits per heavy atom. The van der Waals surface area contributed by atoms with Crippen LogP contribution in [0, 0.1) is 11.3 Å². The Kier molecular flexibility index (Phi) is 7.94. The Balaban J connectivity index is 2.51. The van der Waals surface area contributed by atoms with Gasteiger partial charge < -0.3 is 14.4 Å². The second-order valence-corrected chi connectivity index (χ2v) is 4.64. The van der Waals surface area contributed by atoms with E-state index in [4.69, 9.17) is 14.7 Å². The summed E-state index contributed by atoms with van der Waals surface area (Å²) in [7, 11) is 1.56. The number of hydrogen-bond acceptors (Lipinski definition) is 5. The molecule has 0 aliphatic carbocycles. The van der Waals surface area contributed by atoms with Gasteiger partial charge in [0, 0.05) is 25.2 Å². The molecule has 0 aliphatic heterocycles. The first-order valence-electron chi connectivity index (χ1n) is 7.26. The van der Waals surface area contributed by atoms with Gasteiger partial charge in [0.25, 0.3) is 5.91 Å². The second-order valence-electron chi connectivity index (χ2n) is 4.64. The van der Waals surface area contributed by atoms with Crippen LogP contribution in [-0.4, -0.2) is 43.6 Å². The lowest BCUT2D eigenvalue weighted by Crippen LogP contribution is -2.31. The summed E-state index contributed by atoms with van der Waals surface area (Å²) in [5, 5.41) is 8.46. The van der Waals surface area contributed by atoms with Gasteiger partial charge in [-0.15, -0.1) is 0 Å². The Hall–Kier alpha value is -2.81. The minimum Gasteiger partial charge on any atom is -0.493 e. The molecule has 122 valence electrons. The first kappa shape index (κ1) is 18.2. The molecule has 23 heavy (non-hydrogen) atoms. The van der Waals surface area contributed by atoms with Gasteiger partial charge in [-0.2, -0.15) is 5.26 Å². The van der Waals surface area contributed by atoms with E-state index in [0.29, 0.717) is 18.9 Å². The number of amides is 1. The van der Waals surface area contributed by atoms with E-state index in [2.05, 4.69) is 0 Å². The van der Waals surface area contributed by atoms with E-state index in [-0.39, 0.29) is 18.9 Å². The zero-order valence-corrected chi connectivity index (χ0v) is 13.3. The van der Waals surface area contributed by atoms with Crippen molar-refractivity contribution in [2.45, 2.75) is 13.3 Å². The molecule has 6 nitrogen and oxygen atoms in total. The molecule has 0 fully saturated rings. The molecule has 0 aliphatic rings. The molecule has 1 aromatic rings. The lowest BCUT2D eigenvalue weighted by molar-refractivity contribution is -0.147. The molecular weight excluding hydrogens is 296 g/mol. The second kappa shape index (κ2) is 10.0. The molecule has 0 saturated heterocycles. The number of esters is 1. The molecule has 0 spiro atoms. The molecule has 0 bridgehead atoms. The fourth-order valence-corrected chi connectivity index (χ4v) is 1.70. The number of ether oxygens (including phenoxy) is 2. The topological polar surface area (TPSA) is 79.6 Å². The van der Waals surface area contributed by atoms with Crippen LogP contribution in [-0.2, 0) is 14.3 Å². The van der Waals surface area contributed by atoms with Crippen molar-refractivity contribution in [3.05, 3.63) is 35.9 Å². The van der Waals surface area contributed by atoms with Gasteiger partial charge in [0.15, 0.2) is 6.61 Å². The minimum absolute atomic E-state index is 0.240. The summed E-state index contributed by atoms with van der Waals surface area (Å²) in [6.07, 6.45) is 3.07. The molecule has 0 aromatic heterocycles. The number of para-hydroxylation sites is 1. The highest BCUT2D eigenvalue weighted by Crippen LogP contribution is 2.19. The van der Waals surface area contributed by atoms with E-state index < -0.39 is 5.97 Å². The average Bonchev–Trinajstić information content (AvgIpc) is 2.56. The normalized spacial score (nSPS) is 10.1. The molecule has 0 heterocycles. The van der Waals surface area contributed by atoms with Gasteiger partial charge in [0.2, 0.25) is 0 Å². The number of nitrogens with zero attached hydrogens (tertiary/aromatic N) is 2. The van der Waals surface area contributed by atoms with Crippen LogP contribution < -0.4 is 4.74 Å². The largest absolute Gasteiger partial charge is 0.493 e. The van der Waals surface area contributed by atoms with E-state index >= 15 is 0 Å². The lowest BCUT2D eigenvalue weighted by atomic mass is 10.2. The van der Waals surface area contributed by atoms with Crippen LogP contribution >= 0.6 is 0 Å². The summed E-state index contributed by atoms with van der Waals surface area (Å²) in [5.41, 5.74) is 0.753. The molecule has 0 atom stereocenters. The average molecular weight is 316 g/mol. The minimum atomic E-state index is -0.613. The van der Waals surface area contributed by atoms with Crippen LogP contribution in [0.5, 0.6) is 5.75 Å². The smallest absolute Gasteiger partial charge is 0.331 e. The predicted molar refractivity (Wildman–Crippen MR) is 85.5 cm³/mol. The van der Waals surface area contributed by atoms with Crippen molar-refractivity contribution in [3.63, 3.8) is 0 Å². The molecule has 0 N–H and O–H groups in total. The van der Waals surface area contributed by atoms with Gasteiger partial charge >= 0.3 is 5.97 Å². The summed E-state index contributed by atoms with van der Waals surface area (Å²) in [5.74, 6) is -0.290. The van der Waals surface area contributed by atoms with E-state index in [1.807, 2.05) is 37.3 Å². The van der Waals surface area contributed by atoms with E-state index in [1.54, 1.807) is 13.1 Å². The van der Waals surface area contributed by atoms with Crippen molar-refractivity contribution in [1.82, 2.24) is 4.90 Å². The number of carbonyl (C=O) groups excluding carboxylic acids is 2. The van der Waals surface area contributed by atoms with Crippen LogP contribution in [0.25, 0.3) is 6.08 Å². The number of benzene rings is 1. The summed E-state index contributed by atoms with van der Waals surface area (Å²) in [6, 6.07) is 9.25. The van der Waals surface area contributed by atoms with E-state index in [0.717, 1.165) is 5.56 Å². The van der Waals surface area contributed by atoms with E-state index in [9.17, 15) is 9.59 Å². The van der Waals surface area contributed by atoms with Gasteiger partial charge in [-0.05, 0) is 19.1 Å². The fourth-order valence-electron chi connectivity index (χ4n) is 1.70. The van der Waals surface area contributed by atoms with Crippen molar-refractivity contribution in [2.75, 3.05) is 26.8 Å². The summed E-state index contributed by atoms with van der Waals surface area (Å²) < 4.78 is 10.3. The van der Waals surface area contributed by atoms with E-state index in [1.165, 1.54) is 11.0 Å². The van der Waals surface area contributed by atoms with Gasteiger partial charge in [0.05, 0.1) is 19.1 Å². The molecule has 1 amide bonds. The molecule has 0 unspecified atom stereocenters. The van der Waals surface area contributed by atoms with Crippen molar-refractivity contribution in [1.29, 1.82) is 5.26 Å². The highest BCUT2D eigenvalue weighted by Gasteiger charge is 2.10. The molecule has 0 radical (unpaired) electrons. The van der Waals surface area contributed by atoms with Crippen molar-refractivity contribution >= 4 is 18.0 Å². The summed E-state index contributed by atoms with van der Waals surface area (Å²) in [6.45, 7) is 2.37. The molecular formula is C17H20N2O4. The highest BCUT2D eigenvalue weighted by molar-refractivity contribution is 5.89. The molecule has 0 saturated carbocycles. The van der Waals surface area contributed by atoms with Crippen molar-refractivity contribution in [3.8, 4) is 11.8 Å². The highest BCUT2D eigenvalue weighted by atomic mass is 16.5. The van der Waals surface area contributed by atoms with Crippen LogP contribution in [0.15, 0.2) is 30.3 Å². The zero-order chi connectivity index (χ0) is 17.1. The van der Waals surface area contributed by atoms with Gasteiger partial charge in [-0.3, -0.25) is 4.79 Å². The summed E-state index contributed by atoms with van der Waals surface area (Å²) in [4.78, 5) is 24.7. The fraction of sp³-hybridized carbons (Fsp3) is 0.353. The third-order valence-corrected chi connectivity index (χ3v) is 2.94. The number of nitriles is 1. The SMILES string of the molecule is CCOc1ccccc1/C=C/C(=O)OCC(=O)N(C)CCC#N. The Morgan fingerprint density at radius 2 is 2.09 bits per heavy atom. The molecule has 6 heteroatoms. The summed E-state index contributed by atoms with van der Waals surface area (Å²) >= 11 is 0. The van der Waals surface area contributed by atoms with Gasteiger partial charge in [0.1, 0.15) is 5.75 Å². The van der Waals surface area contributed by atoms with Gasteiger partial charge in [-0.1, -0.05) is 18.2 Å².